The van der Waals surface area contributed by atoms with Gasteiger partial charge in [0.1, 0.15) is 12.1 Å². The Kier molecular flexibility index (Phi) is 4.55. The summed E-state index contributed by atoms with van der Waals surface area (Å²) in [6.07, 6.45) is 5.14. The van der Waals surface area contributed by atoms with Crippen LogP contribution in [0, 0.1) is 13.8 Å². The number of anilines is 1. The van der Waals surface area contributed by atoms with Gasteiger partial charge in [-0.3, -0.25) is 4.79 Å². The lowest BCUT2D eigenvalue weighted by Gasteiger charge is -2.33. The van der Waals surface area contributed by atoms with Crippen molar-refractivity contribution in [3.05, 3.63) is 53.5 Å². The van der Waals surface area contributed by atoms with Crippen LogP contribution in [-0.2, 0) is 0 Å². The molecule has 3 rings (SSSR count). The van der Waals surface area contributed by atoms with Crippen LogP contribution < -0.4 is 5.32 Å². The lowest BCUT2D eigenvalue weighted by atomic mass is 10.0. The average Bonchev–Trinajstić information content (AvgIpc) is 2.58. The van der Waals surface area contributed by atoms with Crippen LogP contribution in [0.1, 0.15) is 34.3 Å². The number of amides is 1. The third-order valence-electron chi connectivity index (χ3n) is 4.34. The molecule has 1 fully saturated rings. The molecule has 120 valence electrons. The van der Waals surface area contributed by atoms with Gasteiger partial charge in [0.05, 0.1) is 0 Å². The number of hydrogen-bond donors (Lipinski definition) is 1. The van der Waals surface area contributed by atoms with E-state index in [1.807, 2.05) is 43.0 Å². The Morgan fingerprint density at radius 1 is 1.22 bits per heavy atom. The normalized spacial score (nSPS) is 15.5. The number of piperidine rings is 1. The fourth-order valence-corrected chi connectivity index (χ4v) is 2.95. The zero-order valence-electron chi connectivity index (χ0n) is 13.6. The molecule has 0 aliphatic carbocycles. The third kappa shape index (κ3) is 3.67. The average molecular weight is 310 g/mol. The van der Waals surface area contributed by atoms with Crippen molar-refractivity contribution < 1.29 is 4.79 Å². The highest BCUT2D eigenvalue weighted by Gasteiger charge is 2.24. The van der Waals surface area contributed by atoms with Crippen molar-refractivity contribution in [3.63, 3.8) is 0 Å². The van der Waals surface area contributed by atoms with Gasteiger partial charge in [-0.25, -0.2) is 9.97 Å². The molecule has 1 aromatic carbocycles. The van der Waals surface area contributed by atoms with E-state index in [0.29, 0.717) is 6.04 Å². The quantitative estimate of drug-likeness (QED) is 0.947. The van der Waals surface area contributed by atoms with Crippen LogP contribution in [-0.4, -0.2) is 39.9 Å². The van der Waals surface area contributed by atoms with E-state index in [1.54, 1.807) is 12.5 Å². The molecule has 0 spiro atoms. The largest absolute Gasteiger partial charge is 0.367 e. The first-order valence-electron chi connectivity index (χ1n) is 8.02. The highest BCUT2D eigenvalue weighted by molar-refractivity contribution is 5.95. The first kappa shape index (κ1) is 15.5. The number of nitrogens with one attached hydrogen (secondary N) is 1. The minimum Gasteiger partial charge on any atom is -0.367 e. The molecule has 0 radical (unpaired) electrons. The summed E-state index contributed by atoms with van der Waals surface area (Å²) in [7, 11) is 0. The van der Waals surface area contributed by atoms with Gasteiger partial charge < -0.3 is 10.2 Å². The van der Waals surface area contributed by atoms with Crippen molar-refractivity contribution in [3.8, 4) is 0 Å². The number of benzene rings is 1. The zero-order chi connectivity index (χ0) is 16.2. The minimum atomic E-state index is 0.145. The van der Waals surface area contributed by atoms with Crippen LogP contribution in [0.2, 0.25) is 0 Å². The second-order valence-corrected chi connectivity index (χ2v) is 6.12. The number of hydrogen-bond acceptors (Lipinski definition) is 4. The lowest BCUT2D eigenvalue weighted by molar-refractivity contribution is 0.0717. The SMILES string of the molecule is Cc1ccc(C)c(C(=O)N2CCC(Nc3ccncn3)CC2)c1. The molecule has 1 amide bonds. The molecule has 1 N–H and O–H groups in total. The topological polar surface area (TPSA) is 58.1 Å². The van der Waals surface area contributed by atoms with E-state index in [4.69, 9.17) is 0 Å². The highest BCUT2D eigenvalue weighted by atomic mass is 16.2. The molecule has 5 nitrogen and oxygen atoms in total. The summed E-state index contributed by atoms with van der Waals surface area (Å²) >= 11 is 0. The van der Waals surface area contributed by atoms with Gasteiger partial charge in [0.25, 0.3) is 5.91 Å². The first-order valence-corrected chi connectivity index (χ1v) is 8.02. The van der Waals surface area contributed by atoms with Gasteiger partial charge in [0.15, 0.2) is 0 Å². The van der Waals surface area contributed by atoms with Gasteiger partial charge in [0, 0.05) is 30.9 Å². The van der Waals surface area contributed by atoms with Gasteiger partial charge in [-0.05, 0) is 44.4 Å². The monoisotopic (exact) mass is 310 g/mol. The predicted molar refractivity (Wildman–Crippen MR) is 90.5 cm³/mol. The Labute approximate surface area is 136 Å². The molecular weight excluding hydrogens is 288 g/mol. The Morgan fingerprint density at radius 3 is 2.70 bits per heavy atom. The summed E-state index contributed by atoms with van der Waals surface area (Å²) in [6, 6.07) is 8.28. The second kappa shape index (κ2) is 6.77. The fraction of sp³-hybridized carbons (Fsp3) is 0.389. The second-order valence-electron chi connectivity index (χ2n) is 6.12. The summed E-state index contributed by atoms with van der Waals surface area (Å²) in [4.78, 5) is 22.8. The Hall–Kier alpha value is -2.43. The number of carbonyl (C=O) groups is 1. The maximum absolute atomic E-state index is 12.7. The number of likely N-dealkylation sites (tertiary alicyclic amines) is 1. The number of rotatable bonds is 3. The third-order valence-corrected chi connectivity index (χ3v) is 4.34. The fourth-order valence-electron chi connectivity index (χ4n) is 2.95. The van der Waals surface area contributed by atoms with Crippen LogP contribution >= 0.6 is 0 Å². The zero-order valence-corrected chi connectivity index (χ0v) is 13.6. The van der Waals surface area contributed by atoms with E-state index in [-0.39, 0.29) is 5.91 Å². The van der Waals surface area contributed by atoms with Crippen LogP contribution in [0.25, 0.3) is 0 Å². The molecule has 0 unspecified atom stereocenters. The molecule has 0 atom stereocenters. The number of carbonyl (C=O) groups excluding carboxylic acids is 1. The molecule has 0 bridgehead atoms. The minimum absolute atomic E-state index is 0.145. The van der Waals surface area contributed by atoms with E-state index in [9.17, 15) is 4.79 Å². The molecule has 1 aliphatic rings. The maximum atomic E-state index is 12.7. The summed E-state index contributed by atoms with van der Waals surface area (Å²) < 4.78 is 0. The molecule has 2 aromatic rings. The Bertz CT molecular complexity index is 679. The molecule has 5 heteroatoms. The van der Waals surface area contributed by atoms with E-state index >= 15 is 0 Å². The molecule has 1 aromatic heterocycles. The summed E-state index contributed by atoms with van der Waals surface area (Å²) in [5.41, 5.74) is 2.99. The molecule has 0 saturated carbocycles. The smallest absolute Gasteiger partial charge is 0.254 e. The number of aromatic nitrogens is 2. The van der Waals surface area contributed by atoms with Crippen molar-refractivity contribution in [2.75, 3.05) is 18.4 Å². The van der Waals surface area contributed by atoms with E-state index in [1.165, 1.54) is 0 Å². The van der Waals surface area contributed by atoms with E-state index in [2.05, 4.69) is 15.3 Å². The van der Waals surface area contributed by atoms with Gasteiger partial charge in [-0.15, -0.1) is 0 Å². The standard InChI is InChI=1S/C18H22N4O/c1-13-3-4-14(2)16(11-13)18(23)22-9-6-15(7-10-22)21-17-5-8-19-12-20-17/h3-5,8,11-12,15H,6-7,9-10H2,1-2H3,(H,19,20,21). The van der Waals surface area contributed by atoms with E-state index in [0.717, 1.165) is 48.4 Å². The highest BCUT2D eigenvalue weighted by Crippen LogP contribution is 2.19. The molecule has 1 saturated heterocycles. The summed E-state index contributed by atoms with van der Waals surface area (Å²) in [5.74, 6) is 0.992. The first-order chi connectivity index (χ1) is 11.1. The van der Waals surface area contributed by atoms with Crippen LogP contribution in [0.15, 0.2) is 36.8 Å². The Morgan fingerprint density at radius 2 is 2.00 bits per heavy atom. The van der Waals surface area contributed by atoms with Crippen molar-refractivity contribution in [2.45, 2.75) is 32.7 Å². The summed E-state index contributed by atoms with van der Waals surface area (Å²) in [5, 5.41) is 3.41. The maximum Gasteiger partial charge on any atom is 0.254 e. The molecule has 23 heavy (non-hydrogen) atoms. The molecule has 2 heterocycles. The predicted octanol–water partition coefficient (Wildman–Crippen LogP) is 2.81. The van der Waals surface area contributed by atoms with Gasteiger partial charge >= 0.3 is 0 Å². The van der Waals surface area contributed by atoms with Crippen LogP contribution in [0.4, 0.5) is 5.82 Å². The van der Waals surface area contributed by atoms with Crippen molar-refractivity contribution in [1.29, 1.82) is 0 Å². The van der Waals surface area contributed by atoms with Crippen molar-refractivity contribution >= 4 is 11.7 Å². The summed E-state index contributed by atoms with van der Waals surface area (Å²) in [6.45, 7) is 5.56. The van der Waals surface area contributed by atoms with Crippen LogP contribution in [0.3, 0.4) is 0 Å². The van der Waals surface area contributed by atoms with Gasteiger partial charge in [-0.1, -0.05) is 17.7 Å². The van der Waals surface area contributed by atoms with Crippen molar-refractivity contribution in [1.82, 2.24) is 14.9 Å². The number of aryl methyl sites for hydroxylation is 2. The van der Waals surface area contributed by atoms with Gasteiger partial charge in [0.2, 0.25) is 0 Å². The molecule has 1 aliphatic heterocycles. The van der Waals surface area contributed by atoms with Crippen molar-refractivity contribution in [2.24, 2.45) is 0 Å². The molecular formula is C18H22N4O. The van der Waals surface area contributed by atoms with E-state index < -0.39 is 0 Å². The van der Waals surface area contributed by atoms with Gasteiger partial charge in [-0.2, -0.15) is 0 Å². The Balaban J connectivity index is 1.60. The lowest BCUT2D eigenvalue weighted by Crippen LogP contribution is -2.42. The number of nitrogens with zero attached hydrogens (tertiary/aromatic N) is 3. The van der Waals surface area contributed by atoms with Crippen LogP contribution in [0.5, 0.6) is 0 Å².